The van der Waals surface area contributed by atoms with Gasteiger partial charge in [-0.05, 0) is 68.7 Å². The lowest BCUT2D eigenvalue weighted by molar-refractivity contribution is -0.140. The third-order valence-corrected chi connectivity index (χ3v) is 8.52. The molecule has 0 spiro atoms. The normalized spacial score (nSPS) is 11.9. The van der Waals surface area contributed by atoms with Crippen LogP contribution in [0.4, 0.5) is 5.69 Å². The Bertz CT molecular complexity index is 1360. The first-order valence-electron chi connectivity index (χ1n) is 14.1. The molecule has 0 saturated heterocycles. The smallest absolute Gasteiger partial charge is 0.264 e. The number of nitrogens with one attached hydrogen (secondary N) is 1. The summed E-state index contributed by atoms with van der Waals surface area (Å²) in [4.78, 5) is 28.8. The molecule has 0 bridgehead atoms. The van der Waals surface area contributed by atoms with Crippen molar-refractivity contribution in [1.82, 2.24) is 10.2 Å². The van der Waals surface area contributed by atoms with Crippen LogP contribution in [0.3, 0.4) is 0 Å². The molecule has 0 aliphatic carbocycles. The highest BCUT2D eigenvalue weighted by atomic mass is 32.2. The molecule has 1 N–H and O–H groups in total. The van der Waals surface area contributed by atoms with Crippen molar-refractivity contribution in [2.24, 2.45) is 0 Å². The molecule has 3 aromatic carbocycles. The van der Waals surface area contributed by atoms with Gasteiger partial charge in [0.15, 0.2) is 0 Å². The van der Waals surface area contributed by atoms with Crippen LogP contribution in [-0.4, -0.2) is 50.9 Å². The molecule has 0 aliphatic rings. The summed E-state index contributed by atoms with van der Waals surface area (Å²) in [5.41, 5.74) is 2.28. The van der Waals surface area contributed by atoms with E-state index in [4.69, 9.17) is 4.74 Å². The molecule has 1 atom stereocenters. The second-order valence-corrected chi connectivity index (χ2v) is 11.7. The molecular formula is C32H41N3O5S. The molecule has 220 valence electrons. The summed E-state index contributed by atoms with van der Waals surface area (Å²) >= 11 is 0. The SMILES string of the molecule is CCCCNC(=O)[C@@H](CC)N(Cc1ccc(C)cc1)C(=O)CN(c1ccccc1)S(=O)(=O)c1ccc(OCC)cc1. The number of sulfonamides is 1. The van der Waals surface area contributed by atoms with Crippen molar-refractivity contribution in [2.45, 2.75) is 64.4 Å². The van der Waals surface area contributed by atoms with Gasteiger partial charge in [0.2, 0.25) is 11.8 Å². The van der Waals surface area contributed by atoms with Crippen molar-refractivity contribution in [1.29, 1.82) is 0 Å². The van der Waals surface area contributed by atoms with Crippen LogP contribution in [0, 0.1) is 6.92 Å². The third-order valence-electron chi connectivity index (χ3n) is 6.73. The highest BCUT2D eigenvalue weighted by Crippen LogP contribution is 2.26. The Balaban J connectivity index is 1.99. The summed E-state index contributed by atoms with van der Waals surface area (Å²) in [6.07, 6.45) is 2.14. The molecule has 41 heavy (non-hydrogen) atoms. The third kappa shape index (κ3) is 8.57. The Kier molecular flexibility index (Phi) is 11.8. The molecule has 3 rings (SSSR count). The van der Waals surface area contributed by atoms with E-state index < -0.39 is 28.5 Å². The second-order valence-electron chi connectivity index (χ2n) is 9.83. The lowest BCUT2D eigenvalue weighted by Gasteiger charge is -2.33. The fraction of sp³-hybridized carbons (Fsp3) is 0.375. The van der Waals surface area contributed by atoms with E-state index in [9.17, 15) is 18.0 Å². The number of carbonyl (C=O) groups is 2. The topological polar surface area (TPSA) is 96.0 Å². The van der Waals surface area contributed by atoms with E-state index in [0.29, 0.717) is 31.0 Å². The lowest BCUT2D eigenvalue weighted by atomic mass is 10.1. The number of benzene rings is 3. The summed E-state index contributed by atoms with van der Waals surface area (Å²) in [5, 5.41) is 2.94. The molecule has 0 aromatic heterocycles. The van der Waals surface area contributed by atoms with Crippen LogP contribution in [0.25, 0.3) is 0 Å². The van der Waals surface area contributed by atoms with Crippen molar-refractivity contribution >= 4 is 27.5 Å². The molecule has 0 radical (unpaired) electrons. The number of unbranched alkanes of at least 4 members (excludes halogenated alkanes) is 1. The van der Waals surface area contributed by atoms with Crippen LogP contribution in [0.15, 0.2) is 83.8 Å². The number of hydrogen-bond acceptors (Lipinski definition) is 5. The molecular weight excluding hydrogens is 538 g/mol. The lowest BCUT2D eigenvalue weighted by Crippen LogP contribution is -2.52. The van der Waals surface area contributed by atoms with Gasteiger partial charge in [-0.25, -0.2) is 8.42 Å². The van der Waals surface area contributed by atoms with Crippen LogP contribution in [0.1, 0.15) is 51.2 Å². The summed E-state index contributed by atoms with van der Waals surface area (Å²) in [6, 6.07) is 21.7. The van der Waals surface area contributed by atoms with Crippen LogP contribution in [-0.2, 0) is 26.2 Å². The second kappa shape index (κ2) is 15.2. The Labute approximate surface area is 244 Å². The fourth-order valence-electron chi connectivity index (χ4n) is 4.44. The van der Waals surface area contributed by atoms with Crippen LogP contribution in [0.2, 0.25) is 0 Å². The monoisotopic (exact) mass is 579 g/mol. The Hall–Kier alpha value is -3.85. The van der Waals surface area contributed by atoms with Crippen molar-refractivity contribution < 1.29 is 22.7 Å². The Morgan fingerprint density at radius 3 is 2.15 bits per heavy atom. The fourth-order valence-corrected chi connectivity index (χ4v) is 5.85. The summed E-state index contributed by atoms with van der Waals surface area (Å²) in [5.74, 6) is -0.165. The molecule has 0 heterocycles. The minimum Gasteiger partial charge on any atom is -0.494 e. The van der Waals surface area contributed by atoms with E-state index in [0.717, 1.165) is 28.3 Å². The maximum absolute atomic E-state index is 14.1. The number of carbonyl (C=O) groups excluding carboxylic acids is 2. The summed E-state index contributed by atoms with van der Waals surface area (Å²) < 4.78 is 34.5. The predicted octanol–water partition coefficient (Wildman–Crippen LogP) is 5.31. The van der Waals surface area contributed by atoms with Gasteiger partial charge in [-0.2, -0.15) is 0 Å². The number of ether oxygens (including phenoxy) is 1. The highest BCUT2D eigenvalue weighted by molar-refractivity contribution is 7.92. The Morgan fingerprint density at radius 2 is 1.56 bits per heavy atom. The average Bonchev–Trinajstić information content (AvgIpc) is 2.97. The van der Waals surface area contributed by atoms with E-state index >= 15 is 0 Å². The number of aryl methyl sites for hydroxylation is 1. The van der Waals surface area contributed by atoms with Crippen molar-refractivity contribution in [2.75, 3.05) is 24.0 Å². The van der Waals surface area contributed by atoms with Gasteiger partial charge in [0.1, 0.15) is 18.3 Å². The van der Waals surface area contributed by atoms with Crippen LogP contribution < -0.4 is 14.4 Å². The number of hydrogen-bond donors (Lipinski definition) is 1. The van der Waals surface area contributed by atoms with Gasteiger partial charge < -0.3 is 15.0 Å². The predicted molar refractivity (Wildman–Crippen MR) is 162 cm³/mol. The van der Waals surface area contributed by atoms with Crippen molar-refractivity contribution in [3.63, 3.8) is 0 Å². The summed E-state index contributed by atoms with van der Waals surface area (Å²) in [7, 11) is -4.13. The zero-order valence-corrected chi connectivity index (χ0v) is 25.2. The maximum atomic E-state index is 14.1. The molecule has 0 unspecified atom stereocenters. The quantitative estimate of drug-likeness (QED) is 0.246. The number of anilines is 1. The highest BCUT2D eigenvalue weighted by Gasteiger charge is 2.33. The van der Waals surface area contributed by atoms with Crippen LogP contribution >= 0.6 is 0 Å². The number of nitrogens with zero attached hydrogens (tertiary/aromatic N) is 2. The van der Waals surface area contributed by atoms with Gasteiger partial charge >= 0.3 is 0 Å². The zero-order chi connectivity index (χ0) is 29.8. The van der Waals surface area contributed by atoms with Crippen molar-refractivity contribution in [3.8, 4) is 5.75 Å². The van der Waals surface area contributed by atoms with E-state index in [1.807, 2.05) is 52.0 Å². The molecule has 0 aliphatic heterocycles. The molecule has 0 saturated carbocycles. The minimum absolute atomic E-state index is 0.0343. The van der Waals surface area contributed by atoms with Gasteiger partial charge in [0, 0.05) is 13.1 Å². The first kappa shape index (κ1) is 31.7. The first-order valence-corrected chi connectivity index (χ1v) is 15.6. The summed E-state index contributed by atoms with van der Waals surface area (Å²) in [6.45, 7) is 8.40. The standard InChI is InChI=1S/C32H41N3O5S/c1-5-8-22-33-32(37)30(6-2)34(23-26-16-14-25(4)15-17-26)31(36)24-35(27-12-10-9-11-13-27)41(38,39)29-20-18-28(19-21-29)40-7-3/h9-21,30H,5-8,22-24H2,1-4H3,(H,33,37)/t30-/m1/s1. The zero-order valence-electron chi connectivity index (χ0n) is 24.4. The number of para-hydroxylation sites is 1. The number of amides is 2. The van der Waals surface area contributed by atoms with E-state index in [1.165, 1.54) is 17.0 Å². The average molecular weight is 580 g/mol. The minimum atomic E-state index is -4.13. The molecule has 0 fully saturated rings. The maximum Gasteiger partial charge on any atom is 0.264 e. The Morgan fingerprint density at radius 1 is 0.902 bits per heavy atom. The van der Waals surface area contributed by atoms with Gasteiger partial charge in [-0.3, -0.25) is 13.9 Å². The molecule has 8 nitrogen and oxygen atoms in total. The van der Waals surface area contributed by atoms with Crippen LogP contribution in [0.5, 0.6) is 5.75 Å². The van der Waals surface area contributed by atoms with Crippen molar-refractivity contribution in [3.05, 3.63) is 90.0 Å². The van der Waals surface area contributed by atoms with E-state index in [-0.39, 0.29) is 17.3 Å². The molecule has 2 amide bonds. The van der Waals surface area contributed by atoms with Gasteiger partial charge in [0.25, 0.3) is 10.0 Å². The number of rotatable bonds is 15. The van der Waals surface area contributed by atoms with Gasteiger partial charge in [-0.1, -0.05) is 68.3 Å². The van der Waals surface area contributed by atoms with E-state index in [1.54, 1.807) is 42.5 Å². The molecule has 9 heteroatoms. The van der Waals surface area contributed by atoms with E-state index in [2.05, 4.69) is 5.32 Å². The van der Waals surface area contributed by atoms with Gasteiger partial charge in [-0.15, -0.1) is 0 Å². The molecule has 3 aromatic rings. The first-order chi connectivity index (χ1) is 19.7. The van der Waals surface area contributed by atoms with Gasteiger partial charge in [0.05, 0.1) is 17.2 Å². The largest absolute Gasteiger partial charge is 0.494 e.